The van der Waals surface area contributed by atoms with Crippen LogP contribution in [0.1, 0.15) is 59.8 Å². The summed E-state index contributed by atoms with van der Waals surface area (Å²) in [5.41, 5.74) is 0.991. The van der Waals surface area contributed by atoms with Gasteiger partial charge in [0.15, 0.2) is 0 Å². The predicted octanol–water partition coefficient (Wildman–Crippen LogP) is 3.72. The Morgan fingerprint density at radius 2 is 1.88 bits per heavy atom. The molecule has 0 heterocycles. The molecule has 96 valence electrons. The van der Waals surface area contributed by atoms with Gasteiger partial charge in [-0.05, 0) is 26.5 Å². The summed E-state index contributed by atoms with van der Waals surface area (Å²) in [6.07, 6.45) is 7.86. The quantitative estimate of drug-likeness (QED) is 0.297. The first kappa shape index (κ1) is 17.6. The average molecular weight is 227 g/mol. The summed E-state index contributed by atoms with van der Waals surface area (Å²) in [7, 11) is 0. The molecule has 0 aliphatic rings. The van der Waals surface area contributed by atoms with Crippen molar-refractivity contribution in [2.75, 3.05) is 6.54 Å². The largest absolute Gasteiger partial charge is 0.317 e. The van der Waals surface area contributed by atoms with Crippen molar-refractivity contribution in [3.63, 3.8) is 0 Å². The molecule has 0 amide bonds. The summed E-state index contributed by atoms with van der Waals surface area (Å²) >= 11 is 0. The molecule has 0 unspecified atom stereocenters. The van der Waals surface area contributed by atoms with E-state index in [0.29, 0.717) is 0 Å². The van der Waals surface area contributed by atoms with Crippen molar-refractivity contribution in [2.45, 2.75) is 59.8 Å². The van der Waals surface area contributed by atoms with Crippen LogP contribution in [-0.2, 0) is 0 Å². The molecule has 3 nitrogen and oxygen atoms in total. The zero-order valence-corrected chi connectivity index (χ0v) is 11.5. The molecule has 2 N–H and O–H groups in total. The van der Waals surface area contributed by atoms with Crippen molar-refractivity contribution in [1.82, 2.24) is 5.01 Å². The molecule has 0 rings (SSSR count). The molecule has 0 aromatic carbocycles. The maximum absolute atomic E-state index is 5.65. The van der Waals surface area contributed by atoms with Crippen LogP contribution in [-0.4, -0.2) is 18.3 Å². The Bertz CT molecular complexity index is 176. The van der Waals surface area contributed by atoms with E-state index in [1.54, 1.807) is 5.01 Å². The van der Waals surface area contributed by atoms with Gasteiger partial charge in [0, 0.05) is 12.7 Å². The average Bonchev–Trinajstić information content (AvgIpc) is 2.35. The van der Waals surface area contributed by atoms with Crippen LogP contribution in [0.15, 0.2) is 16.9 Å². The summed E-state index contributed by atoms with van der Waals surface area (Å²) in [5.74, 6) is 5.65. The van der Waals surface area contributed by atoms with Gasteiger partial charge in [0.25, 0.3) is 0 Å². The minimum atomic E-state index is 0.800. The van der Waals surface area contributed by atoms with Crippen LogP contribution in [0.2, 0.25) is 0 Å². The zero-order chi connectivity index (χ0) is 12.8. The van der Waals surface area contributed by atoms with Crippen LogP contribution in [0.4, 0.5) is 0 Å². The maximum Gasteiger partial charge on any atom is 0.0569 e. The highest BCUT2D eigenvalue weighted by atomic mass is 15.4. The van der Waals surface area contributed by atoms with E-state index in [1.807, 2.05) is 27.0 Å². The third kappa shape index (κ3) is 11.2. The van der Waals surface area contributed by atoms with Gasteiger partial charge in [-0.2, -0.15) is 0 Å². The molecule has 0 aliphatic heterocycles. The van der Waals surface area contributed by atoms with Crippen LogP contribution < -0.4 is 5.84 Å². The Kier molecular flexibility index (Phi) is 15.6. The van der Waals surface area contributed by atoms with Crippen molar-refractivity contribution in [3.05, 3.63) is 11.9 Å². The lowest BCUT2D eigenvalue weighted by atomic mass is 10.1. The zero-order valence-electron chi connectivity index (χ0n) is 11.5. The normalized spacial score (nSPS) is 10.4. The second-order valence-corrected chi connectivity index (χ2v) is 3.42. The monoisotopic (exact) mass is 227 g/mol. The molecule has 0 aromatic heterocycles. The van der Waals surface area contributed by atoms with E-state index in [4.69, 9.17) is 5.84 Å². The third-order valence-corrected chi connectivity index (χ3v) is 2.17. The van der Waals surface area contributed by atoms with Crippen molar-refractivity contribution >= 4 is 6.72 Å². The van der Waals surface area contributed by atoms with Gasteiger partial charge >= 0.3 is 0 Å². The van der Waals surface area contributed by atoms with Crippen molar-refractivity contribution < 1.29 is 0 Å². The van der Waals surface area contributed by atoms with Gasteiger partial charge < -0.3 is 5.01 Å². The SMILES string of the molecule is C=N/C(=C\N(N)CC)CCCCCC.CC. The fourth-order valence-electron chi connectivity index (χ4n) is 1.20. The van der Waals surface area contributed by atoms with Gasteiger partial charge in [-0.15, -0.1) is 0 Å². The fourth-order valence-corrected chi connectivity index (χ4v) is 1.20. The molecule has 0 saturated carbocycles. The Hall–Kier alpha value is -0.830. The minimum Gasteiger partial charge on any atom is -0.317 e. The fraction of sp³-hybridized carbons (Fsp3) is 0.769. The highest BCUT2D eigenvalue weighted by molar-refractivity contribution is 5.28. The molecule has 0 bridgehead atoms. The number of aliphatic imine (C=N–C) groups is 1. The van der Waals surface area contributed by atoms with Crippen LogP contribution in [0.25, 0.3) is 0 Å². The number of allylic oxidation sites excluding steroid dienone is 1. The topological polar surface area (TPSA) is 41.6 Å². The van der Waals surface area contributed by atoms with E-state index in [9.17, 15) is 0 Å². The molecule has 0 spiro atoms. The summed E-state index contributed by atoms with van der Waals surface area (Å²) in [4.78, 5) is 3.96. The number of hydrogen-bond acceptors (Lipinski definition) is 3. The second kappa shape index (κ2) is 14.2. The standard InChI is InChI=1S/C11H23N3.C2H6/c1-4-6-7-8-9-11(13-3)10-14(12)5-2;1-2/h10H,3-9,12H2,1-2H3;1-2H3/b11-10-;. The Balaban J connectivity index is 0. The molecule has 0 atom stereocenters. The minimum absolute atomic E-state index is 0.800. The Labute approximate surface area is 101 Å². The van der Waals surface area contributed by atoms with E-state index in [0.717, 1.165) is 18.7 Å². The van der Waals surface area contributed by atoms with Gasteiger partial charge in [0.05, 0.1) is 5.70 Å². The van der Waals surface area contributed by atoms with E-state index < -0.39 is 0 Å². The van der Waals surface area contributed by atoms with E-state index in [-0.39, 0.29) is 0 Å². The highest BCUT2D eigenvalue weighted by Gasteiger charge is 1.96. The lowest BCUT2D eigenvalue weighted by molar-refractivity contribution is 0.411. The maximum atomic E-state index is 5.65. The number of nitrogens with two attached hydrogens (primary N) is 1. The predicted molar refractivity (Wildman–Crippen MR) is 74.3 cm³/mol. The van der Waals surface area contributed by atoms with E-state index in [2.05, 4.69) is 18.6 Å². The molecule has 3 heteroatoms. The van der Waals surface area contributed by atoms with Gasteiger partial charge in [-0.25, -0.2) is 5.84 Å². The molecular weight excluding hydrogens is 198 g/mol. The van der Waals surface area contributed by atoms with Crippen LogP contribution in [0.5, 0.6) is 0 Å². The third-order valence-electron chi connectivity index (χ3n) is 2.17. The molecule has 16 heavy (non-hydrogen) atoms. The number of hydrogen-bond donors (Lipinski definition) is 1. The lowest BCUT2D eigenvalue weighted by Crippen LogP contribution is -2.24. The molecule has 0 radical (unpaired) electrons. The van der Waals surface area contributed by atoms with Gasteiger partial charge in [-0.3, -0.25) is 4.99 Å². The first-order valence-electron chi connectivity index (χ1n) is 6.43. The number of nitrogens with zero attached hydrogens (tertiary/aromatic N) is 2. The van der Waals surface area contributed by atoms with Crippen LogP contribution in [0, 0.1) is 0 Å². The number of unbranched alkanes of at least 4 members (excludes halogenated alkanes) is 3. The van der Waals surface area contributed by atoms with Crippen molar-refractivity contribution in [3.8, 4) is 0 Å². The van der Waals surface area contributed by atoms with Crippen molar-refractivity contribution in [1.29, 1.82) is 0 Å². The summed E-state index contributed by atoms with van der Waals surface area (Å²) in [6.45, 7) is 12.6. The summed E-state index contributed by atoms with van der Waals surface area (Å²) in [5, 5.41) is 1.64. The molecule has 0 aromatic rings. The Morgan fingerprint density at radius 3 is 2.31 bits per heavy atom. The summed E-state index contributed by atoms with van der Waals surface area (Å²) in [6, 6.07) is 0. The number of hydrazine groups is 1. The number of rotatable bonds is 8. The van der Waals surface area contributed by atoms with Crippen molar-refractivity contribution in [2.24, 2.45) is 10.8 Å². The lowest BCUT2D eigenvalue weighted by Gasteiger charge is -2.11. The van der Waals surface area contributed by atoms with Gasteiger partial charge in [0.1, 0.15) is 0 Å². The van der Waals surface area contributed by atoms with Gasteiger partial charge in [0.2, 0.25) is 0 Å². The highest BCUT2D eigenvalue weighted by Crippen LogP contribution is 2.10. The summed E-state index contributed by atoms with van der Waals surface area (Å²) < 4.78 is 0. The molecule has 0 saturated heterocycles. The molecular formula is C13H29N3. The smallest absolute Gasteiger partial charge is 0.0569 e. The van der Waals surface area contributed by atoms with E-state index >= 15 is 0 Å². The second-order valence-electron chi connectivity index (χ2n) is 3.42. The van der Waals surface area contributed by atoms with Crippen LogP contribution >= 0.6 is 0 Å². The van der Waals surface area contributed by atoms with Crippen LogP contribution in [0.3, 0.4) is 0 Å². The molecule has 0 aliphatic carbocycles. The van der Waals surface area contributed by atoms with Gasteiger partial charge in [-0.1, -0.05) is 40.0 Å². The first-order valence-corrected chi connectivity index (χ1v) is 6.43. The first-order chi connectivity index (χ1) is 7.74. The molecule has 0 fully saturated rings. The Morgan fingerprint density at radius 1 is 1.25 bits per heavy atom. The van der Waals surface area contributed by atoms with E-state index in [1.165, 1.54) is 25.7 Å².